The van der Waals surface area contributed by atoms with E-state index in [0.717, 1.165) is 0 Å². The summed E-state index contributed by atoms with van der Waals surface area (Å²) >= 11 is 5.69. The SMILES string of the molecule is CC(Cl)C(=O)N1CCOC[C@@H]1C. The number of ether oxygens (including phenoxy) is 1. The molecular formula is C8H14ClNO2. The Morgan fingerprint density at radius 3 is 2.92 bits per heavy atom. The van der Waals surface area contributed by atoms with Crippen molar-refractivity contribution in [2.45, 2.75) is 25.3 Å². The number of halogens is 1. The molecule has 0 bridgehead atoms. The average molecular weight is 192 g/mol. The molecule has 0 aromatic rings. The first-order valence-corrected chi connectivity index (χ1v) is 4.59. The number of amides is 1. The average Bonchev–Trinajstić information content (AvgIpc) is 2.04. The van der Waals surface area contributed by atoms with Crippen molar-refractivity contribution in [3.8, 4) is 0 Å². The number of alkyl halides is 1. The highest BCUT2D eigenvalue weighted by Crippen LogP contribution is 2.10. The molecule has 0 radical (unpaired) electrons. The minimum atomic E-state index is -0.425. The summed E-state index contributed by atoms with van der Waals surface area (Å²) in [5.74, 6) is 0.00691. The van der Waals surface area contributed by atoms with Crippen molar-refractivity contribution >= 4 is 17.5 Å². The predicted molar refractivity (Wildman–Crippen MR) is 47.3 cm³/mol. The monoisotopic (exact) mass is 191 g/mol. The molecule has 1 fully saturated rings. The molecule has 0 spiro atoms. The van der Waals surface area contributed by atoms with Crippen LogP contribution in [-0.2, 0) is 9.53 Å². The third-order valence-corrected chi connectivity index (χ3v) is 2.18. The van der Waals surface area contributed by atoms with Gasteiger partial charge in [-0.05, 0) is 13.8 Å². The van der Waals surface area contributed by atoms with Gasteiger partial charge in [-0.1, -0.05) is 0 Å². The van der Waals surface area contributed by atoms with Crippen molar-refractivity contribution in [3.05, 3.63) is 0 Å². The van der Waals surface area contributed by atoms with E-state index in [1.165, 1.54) is 0 Å². The van der Waals surface area contributed by atoms with E-state index in [1.807, 2.05) is 6.92 Å². The van der Waals surface area contributed by atoms with Crippen LogP contribution < -0.4 is 0 Å². The van der Waals surface area contributed by atoms with Crippen LogP contribution in [-0.4, -0.2) is 42.0 Å². The van der Waals surface area contributed by atoms with Gasteiger partial charge in [0.25, 0.3) is 0 Å². The van der Waals surface area contributed by atoms with Crippen LogP contribution in [0, 0.1) is 0 Å². The van der Waals surface area contributed by atoms with Gasteiger partial charge in [-0.15, -0.1) is 11.6 Å². The molecule has 1 heterocycles. The van der Waals surface area contributed by atoms with Gasteiger partial charge >= 0.3 is 0 Å². The zero-order valence-electron chi connectivity index (χ0n) is 7.42. The second-order valence-electron chi connectivity index (χ2n) is 3.07. The lowest BCUT2D eigenvalue weighted by Crippen LogP contribution is -2.49. The Kier molecular flexibility index (Phi) is 3.35. The number of rotatable bonds is 1. The van der Waals surface area contributed by atoms with Crippen LogP contribution in [0.5, 0.6) is 0 Å². The Morgan fingerprint density at radius 2 is 2.42 bits per heavy atom. The van der Waals surface area contributed by atoms with Crippen LogP contribution in [0.25, 0.3) is 0 Å². The van der Waals surface area contributed by atoms with Gasteiger partial charge in [0.1, 0.15) is 5.38 Å². The molecule has 12 heavy (non-hydrogen) atoms. The normalized spacial score (nSPS) is 26.9. The Hall–Kier alpha value is -0.280. The minimum Gasteiger partial charge on any atom is -0.377 e. The lowest BCUT2D eigenvalue weighted by atomic mass is 10.2. The maximum Gasteiger partial charge on any atom is 0.240 e. The van der Waals surface area contributed by atoms with Gasteiger partial charge in [-0.25, -0.2) is 0 Å². The molecule has 0 aliphatic carbocycles. The maximum atomic E-state index is 11.4. The van der Waals surface area contributed by atoms with Crippen molar-refractivity contribution in [2.24, 2.45) is 0 Å². The fourth-order valence-corrected chi connectivity index (χ4v) is 1.41. The van der Waals surface area contributed by atoms with Crippen LogP contribution in [0.15, 0.2) is 0 Å². The molecule has 1 rings (SSSR count). The molecular weight excluding hydrogens is 178 g/mol. The molecule has 70 valence electrons. The van der Waals surface area contributed by atoms with Crippen molar-refractivity contribution in [1.29, 1.82) is 0 Å². The highest BCUT2D eigenvalue weighted by molar-refractivity contribution is 6.30. The summed E-state index contributed by atoms with van der Waals surface area (Å²) < 4.78 is 5.20. The van der Waals surface area contributed by atoms with E-state index in [9.17, 15) is 4.79 Å². The first-order valence-electron chi connectivity index (χ1n) is 4.15. The fourth-order valence-electron chi connectivity index (χ4n) is 1.28. The Morgan fingerprint density at radius 1 is 1.75 bits per heavy atom. The Bertz CT molecular complexity index is 172. The first-order chi connectivity index (χ1) is 5.63. The summed E-state index contributed by atoms with van der Waals surface area (Å²) in [5, 5.41) is -0.425. The van der Waals surface area contributed by atoms with Crippen molar-refractivity contribution in [3.63, 3.8) is 0 Å². The van der Waals surface area contributed by atoms with Crippen LogP contribution in [0.3, 0.4) is 0 Å². The highest BCUT2D eigenvalue weighted by atomic mass is 35.5. The second kappa shape index (κ2) is 4.10. The molecule has 0 aromatic carbocycles. The molecule has 3 nitrogen and oxygen atoms in total. The zero-order chi connectivity index (χ0) is 9.14. The summed E-state index contributed by atoms with van der Waals surface area (Å²) in [6, 6.07) is 0.160. The fraction of sp³-hybridized carbons (Fsp3) is 0.875. The number of hydrogen-bond acceptors (Lipinski definition) is 2. The molecule has 1 aliphatic heterocycles. The number of carbonyl (C=O) groups excluding carboxylic acids is 1. The van der Waals surface area contributed by atoms with Gasteiger partial charge in [0.15, 0.2) is 0 Å². The third kappa shape index (κ3) is 2.11. The van der Waals surface area contributed by atoms with E-state index in [-0.39, 0.29) is 11.9 Å². The topological polar surface area (TPSA) is 29.5 Å². The van der Waals surface area contributed by atoms with Gasteiger partial charge in [-0.3, -0.25) is 4.79 Å². The second-order valence-corrected chi connectivity index (χ2v) is 3.73. The summed E-state index contributed by atoms with van der Waals surface area (Å²) in [5.41, 5.74) is 0. The van der Waals surface area contributed by atoms with Gasteiger partial charge in [0.2, 0.25) is 5.91 Å². The van der Waals surface area contributed by atoms with Gasteiger partial charge in [0.05, 0.1) is 19.3 Å². The van der Waals surface area contributed by atoms with Crippen LogP contribution in [0.1, 0.15) is 13.8 Å². The standard InChI is InChI=1S/C8H14ClNO2/c1-6-5-12-4-3-10(6)8(11)7(2)9/h6-7H,3-5H2,1-2H3/t6-,7?/m0/s1. The highest BCUT2D eigenvalue weighted by Gasteiger charge is 2.25. The first kappa shape index (κ1) is 9.81. The molecule has 4 heteroatoms. The summed E-state index contributed by atoms with van der Waals surface area (Å²) in [6.45, 7) is 5.58. The van der Waals surface area contributed by atoms with Crippen LogP contribution in [0.4, 0.5) is 0 Å². The largest absolute Gasteiger partial charge is 0.377 e. The molecule has 2 atom stereocenters. The summed E-state index contributed by atoms with van der Waals surface area (Å²) in [4.78, 5) is 13.2. The van der Waals surface area contributed by atoms with Crippen molar-refractivity contribution in [1.82, 2.24) is 4.90 Å². The van der Waals surface area contributed by atoms with Gasteiger partial charge < -0.3 is 9.64 Å². The lowest BCUT2D eigenvalue weighted by Gasteiger charge is -2.34. The molecule has 1 saturated heterocycles. The van der Waals surface area contributed by atoms with Crippen LogP contribution in [0.2, 0.25) is 0 Å². The summed E-state index contributed by atoms with van der Waals surface area (Å²) in [7, 11) is 0. The molecule has 1 amide bonds. The van der Waals surface area contributed by atoms with Crippen molar-refractivity contribution in [2.75, 3.05) is 19.8 Å². The number of carbonyl (C=O) groups is 1. The maximum absolute atomic E-state index is 11.4. The van der Waals surface area contributed by atoms with Crippen molar-refractivity contribution < 1.29 is 9.53 Å². The number of morpholine rings is 1. The molecule has 1 unspecified atom stereocenters. The van der Waals surface area contributed by atoms with E-state index < -0.39 is 5.38 Å². The predicted octanol–water partition coefficient (Wildman–Crippen LogP) is 0.861. The molecule has 1 aliphatic rings. The van der Waals surface area contributed by atoms with Crippen LogP contribution >= 0.6 is 11.6 Å². The van der Waals surface area contributed by atoms with E-state index in [2.05, 4.69) is 0 Å². The molecule has 0 N–H and O–H groups in total. The number of hydrogen-bond donors (Lipinski definition) is 0. The molecule has 0 aromatic heterocycles. The summed E-state index contributed by atoms with van der Waals surface area (Å²) in [6.07, 6.45) is 0. The molecule has 0 saturated carbocycles. The van der Waals surface area contributed by atoms with E-state index in [4.69, 9.17) is 16.3 Å². The smallest absolute Gasteiger partial charge is 0.240 e. The third-order valence-electron chi connectivity index (χ3n) is 1.99. The number of nitrogens with zero attached hydrogens (tertiary/aromatic N) is 1. The van der Waals surface area contributed by atoms with Gasteiger partial charge in [0, 0.05) is 6.54 Å². The Labute approximate surface area is 77.6 Å². The quantitative estimate of drug-likeness (QED) is 0.576. The van der Waals surface area contributed by atoms with E-state index >= 15 is 0 Å². The van der Waals surface area contributed by atoms with E-state index in [0.29, 0.717) is 19.8 Å². The minimum absolute atomic E-state index is 0.00691. The van der Waals surface area contributed by atoms with E-state index in [1.54, 1.807) is 11.8 Å². The van der Waals surface area contributed by atoms with Gasteiger partial charge in [-0.2, -0.15) is 0 Å². The Balaban J connectivity index is 2.53. The lowest BCUT2D eigenvalue weighted by molar-refractivity contribution is -0.138. The zero-order valence-corrected chi connectivity index (χ0v) is 8.17.